The molecule has 172 valence electrons. The molecule has 0 bridgehead atoms. The smallest absolute Gasteiger partial charge is 0.407 e. The Kier molecular flexibility index (Phi) is 5.57. The van der Waals surface area contributed by atoms with Gasteiger partial charge in [-0.15, -0.1) is 5.10 Å². The fourth-order valence-corrected chi connectivity index (χ4v) is 4.55. The molecule has 1 saturated heterocycles. The maximum absolute atomic E-state index is 11.2. The lowest BCUT2D eigenvalue weighted by Gasteiger charge is -2.32. The predicted molar refractivity (Wildman–Crippen MR) is 126 cm³/mol. The van der Waals surface area contributed by atoms with E-state index in [0.29, 0.717) is 31.5 Å². The number of amides is 1. The zero-order chi connectivity index (χ0) is 22.9. The van der Waals surface area contributed by atoms with E-state index in [0.717, 1.165) is 59.8 Å². The van der Waals surface area contributed by atoms with Gasteiger partial charge in [-0.1, -0.05) is 6.08 Å². The third kappa shape index (κ3) is 4.46. The van der Waals surface area contributed by atoms with Crippen LogP contribution in [-0.4, -0.2) is 72.9 Å². The van der Waals surface area contributed by atoms with Gasteiger partial charge in [-0.2, -0.15) is 4.98 Å². The van der Waals surface area contributed by atoms with Crippen LogP contribution in [0.15, 0.2) is 30.7 Å². The number of rotatable bonds is 4. The highest BCUT2D eigenvalue weighted by Gasteiger charge is 2.23. The van der Waals surface area contributed by atoms with Gasteiger partial charge in [0.1, 0.15) is 12.1 Å². The molecule has 3 aromatic heterocycles. The fraction of sp³-hybridized carbons (Fsp3) is 0.435. The standard InChI is InChI=1S/C23H28N8O2/c1-15-11-19(17-3-7-30(8-4-17)23(32)33)21-27-22(28-31(21)13-15)26-18-5-9-29(10-6-18)20-12-16(2)24-14-25-20/h3,11-14,18H,4-10H2,1-2H3,(H,26,28)(H,32,33). The molecule has 1 fully saturated rings. The van der Waals surface area contributed by atoms with Gasteiger partial charge in [0.2, 0.25) is 5.95 Å². The van der Waals surface area contributed by atoms with Crippen LogP contribution in [0, 0.1) is 13.8 Å². The van der Waals surface area contributed by atoms with Crippen molar-refractivity contribution in [2.75, 3.05) is 36.4 Å². The summed E-state index contributed by atoms with van der Waals surface area (Å²) in [6.07, 6.45) is 7.32. The highest BCUT2D eigenvalue weighted by molar-refractivity contribution is 5.78. The molecule has 5 rings (SSSR count). The molecular formula is C23H28N8O2. The minimum atomic E-state index is -0.880. The molecular weight excluding hydrogens is 420 g/mol. The highest BCUT2D eigenvalue weighted by atomic mass is 16.4. The van der Waals surface area contributed by atoms with E-state index in [9.17, 15) is 9.90 Å². The summed E-state index contributed by atoms with van der Waals surface area (Å²) in [6, 6.07) is 4.43. The minimum Gasteiger partial charge on any atom is -0.465 e. The van der Waals surface area contributed by atoms with Crippen molar-refractivity contribution in [1.29, 1.82) is 0 Å². The van der Waals surface area contributed by atoms with Crippen molar-refractivity contribution in [2.45, 2.75) is 39.2 Å². The van der Waals surface area contributed by atoms with Gasteiger partial charge in [0, 0.05) is 55.7 Å². The summed E-state index contributed by atoms with van der Waals surface area (Å²) in [5.41, 5.74) is 5.00. The van der Waals surface area contributed by atoms with Crippen molar-refractivity contribution in [3.63, 3.8) is 0 Å². The van der Waals surface area contributed by atoms with E-state index in [1.807, 2.05) is 36.7 Å². The van der Waals surface area contributed by atoms with Crippen molar-refractivity contribution < 1.29 is 9.90 Å². The monoisotopic (exact) mass is 448 g/mol. The van der Waals surface area contributed by atoms with Crippen LogP contribution in [0.3, 0.4) is 0 Å². The average molecular weight is 449 g/mol. The number of carboxylic acid groups (broad SMARTS) is 1. The molecule has 10 heteroatoms. The van der Waals surface area contributed by atoms with E-state index < -0.39 is 6.09 Å². The first kappa shape index (κ1) is 21.2. The Labute approximate surface area is 192 Å². The first-order valence-corrected chi connectivity index (χ1v) is 11.3. The Morgan fingerprint density at radius 2 is 1.97 bits per heavy atom. The van der Waals surface area contributed by atoms with Crippen molar-refractivity contribution in [3.05, 3.63) is 47.6 Å². The number of hydrogen-bond acceptors (Lipinski definition) is 7. The van der Waals surface area contributed by atoms with Gasteiger partial charge in [-0.25, -0.2) is 19.3 Å². The molecule has 2 aliphatic rings. The normalized spacial score (nSPS) is 17.3. The molecule has 0 saturated carbocycles. The van der Waals surface area contributed by atoms with Gasteiger partial charge in [0.25, 0.3) is 0 Å². The minimum absolute atomic E-state index is 0.296. The summed E-state index contributed by atoms with van der Waals surface area (Å²) < 4.78 is 1.83. The average Bonchev–Trinajstić information content (AvgIpc) is 3.21. The molecule has 5 heterocycles. The van der Waals surface area contributed by atoms with Gasteiger partial charge >= 0.3 is 6.09 Å². The van der Waals surface area contributed by atoms with Gasteiger partial charge in [-0.05, 0) is 50.3 Å². The maximum atomic E-state index is 11.2. The van der Waals surface area contributed by atoms with E-state index in [1.165, 1.54) is 4.90 Å². The molecule has 2 aliphatic heterocycles. The van der Waals surface area contributed by atoms with E-state index in [-0.39, 0.29) is 0 Å². The third-order valence-corrected chi connectivity index (χ3v) is 6.34. The highest BCUT2D eigenvalue weighted by Crippen LogP contribution is 2.28. The number of aryl methyl sites for hydroxylation is 2. The second kappa shape index (κ2) is 8.68. The number of piperidine rings is 1. The third-order valence-electron chi connectivity index (χ3n) is 6.34. The molecule has 0 aliphatic carbocycles. The van der Waals surface area contributed by atoms with Crippen molar-refractivity contribution in [1.82, 2.24) is 29.5 Å². The second-order valence-corrected chi connectivity index (χ2v) is 8.77. The quantitative estimate of drug-likeness (QED) is 0.627. The Bertz CT molecular complexity index is 1210. The summed E-state index contributed by atoms with van der Waals surface area (Å²) in [7, 11) is 0. The van der Waals surface area contributed by atoms with Gasteiger partial charge in [0.05, 0.1) is 0 Å². The summed E-state index contributed by atoms with van der Waals surface area (Å²) in [5.74, 6) is 1.61. The first-order valence-electron chi connectivity index (χ1n) is 11.3. The van der Waals surface area contributed by atoms with Crippen molar-refractivity contribution in [2.24, 2.45) is 0 Å². The van der Waals surface area contributed by atoms with Crippen molar-refractivity contribution in [3.8, 4) is 0 Å². The number of fused-ring (bicyclic) bond motifs is 1. The van der Waals surface area contributed by atoms with E-state index in [2.05, 4.69) is 31.3 Å². The zero-order valence-corrected chi connectivity index (χ0v) is 18.9. The summed E-state index contributed by atoms with van der Waals surface area (Å²) in [5, 5.41) is 17.4. The van der Waals surface area contributed by atoms with Crippen LogP contribution in [0.1, 0.15) is 36.1 Å². The molecule has 2 N–H and O–H groups in total. The van der Waals surface area contributed by atoms with Crippen LogP contribution in [-0.2, 0) is 0 Å². The van der Waals surface area contributed by atoms with E-state index in [1.54, 1.807) is 6.33 Å². The van der Waals surface area contributed by atoms with E-state index in [4.69, 9.17) is 4.98 Å². The SMILES string of the molecule is Cc1cc(C2=CCN(C(=O)O)CC2)c2nc(NC3CCN(c4cc(C)ncn4)CC3)nn2c1. The second-order valence-electron chi connectivity index (χ2n) is 8.77. The number of anilines is 2. The summed E-state index contributed by atoms with van der Waals surface area (Å²) >= 11 is 0. The van der Waals surface area contributed by atoms with E-state index >= 15 is 0 Å². The number of pyridine rings is 1. The lowest BCUT2D eigenvalue weighted by molar-refractivity contribution is 0.150. The maximum Gasteiger partial charge on any atom is 0.407 e. The molecule has 0 radical (unpaired) electrons. The Balaban J connectivity index is 1.30. The zero-order valence-electron chi connectivity index (χ0n) is 18.9. The summed E-state index contributed by atoms with van der Waals surface area (Å²) in [4.78, 5) is 28.3. The Morgan fingerprint density at radius 3 is 2.67 bits per heavy atom. The van der Waals surface area contributed by atoms with Crippen LogP contribution >= 0.6 is 0 Å². The molecule has 33 heavy (non-hydrogen) atoms. The molecule has 0 atom stereocenters. The van der Waals surface area contributed by atoms with Gasteiger partial charge in [-0.3, -0.25) is 0 Å². The van der Waals surface area contributed by atoms with Crippen LogP contribution < -0.4 is 10.2 Å². The topological polar surface area (TPSA) is 112 Å². The number of carbonyl (C=O) groups is 1. The summed E-state index contributed by atoms with van der Waals surface area (Å²) in [6.45, 7) is 6.74. The molecule has 0 spiro atoms. The first-order chi connectivity index (χ1) is 16.0. The number of aromatic nitrogens is 5. The molecule has 10 nitrogen and oxygen atoms in total. The largest absolute Gasteiger partial charge is 0.465 e. The molecule has 0 unspecified atom stereocenters. The lowest BCUT2D eigenvalue weighted by atomic mass is 9.99. The number of nitrogens with zero attached hydrogens (tertiary/aromatic N) is 7. The molecule has 3 aromatic rings. The van der Waals surface area contributed by atoms with Crippen LogP contribution in [0.25, 0.3) is 11.2 Å². The Morgan fingerprint density at radius 1 is 1.15 bits per heavy atom. The van der Waals surface area contributed by atoms with Crippen LogP contribution in [0.2, 0.25) is 0 Å². The predicted octanol–water partition coefficient (Wildman–Crippen LogP) is 2.98. The van der Waals surface area contributed by atoms with Gasteiger partial charge < -0.3 is 20.2 Å². The molecule has 0 aromatic carbocycles. The van der Waals surface area contributed by atoms with Crippen molar-refractivity contribution >= 4 is 29.1 Å². The van der Waals surface area contributed by atoms with Gasteiger partial charge in [0.15, 0.2) is 5.65 Å². The lowest BCUT2D eigenvalue weighted by Crippen LogP contribution is -2.39. The Hall–Kier alpha value is -3.69. The van der Waals surface area contributed by atoms with Crippen LogP contribution in [0.4, 0.5) is 16.6 Å². The number of hydrogen-bond donors (Lipinski definition) is 2. The van der Waals surface area contributed by atoms with Crippen LogP contribution in [0.5, 0.6) is 0 Å². The fourth-order valence-electron chi connectivity index (χ4n) is 4.55. The number of nitrogens with one attached hydrogen (secondary N) is 1. The molecule has 1 amide bonds.